The normalized spacial score (nSPS) is 13.9. The van der Waals surface area contributed by atoms with Gasteiger partial charge < -0.3 is 19.8 Å². The van der Waals surface area contributed by atoms with E-state index in [4.69, 9.17) is 9.05 Å². The zero-order valence-corrected chi connectivity index (χ0v) is 53.1. The van der Waals surface area contributed by atoms with E-state index in [1.54, 1.807) is 6.08 Å². The van der Waals surface area contributed by atoms with Crippen LogP contribution in [0.4, 0.5) is 0 Å². The first-order valence-corrected chi connectivity index (χ1v) is 35.4. The van der Waals surface area contributed by atoms with Crippen molar-refractivity contribution in [2.45, 2.75) is 353 Å². The van der Waals surface area contributed by atoms with Gasteiger partial charge in [0.25, 0.3) is 0 Å². The molecule has 1 amide bonds. The summed E-state index contributed by atoms with van der Waals surface area (Å²) < 4.78 is 23.7. The van der Waals surface area contributed by atoms with Gasteiger partial charge in [-0.3, -0.25) is 13.8 Å². The Morgan fingerprint density at radius 3 is 1.04 bits per heavy atom. The highest BCUT2D eigenvalue weighted by Crippen LogP contribution is 2.43. The van der Waals surface area contributed by atoms with Gasteiger partial charge in [-0.15, -0.1) is 0 Å². The average Bonchev–Trinajstić information content (AvgIpc) is 3.39. The van der Waals surface area contributed by atoms with Crippen LogP contribution in [0.5, 0.6) is 0 Å². The summed E-state index contributed by atoms with van der Waals surface area (Å²) in [4.78, 5) is 23.4. The quantitative estimate of drug-likeness (QED) is 0.0243. The van der Waals surface area contributed by atoms with E-state index in [-0.39, 0.29) is 19.1 Å². The number of aliphatic hydroxyl groups excluding tert-OH is 1. The zero-order valence-electron chi connectivity index (χ0n) is 52.2. The number of likely N-dealkylation sites (N-methyl/N-ethyl adjacent to an activating group) is 1. The minimum absolute atomic E-state index is 0.0577. The molecule has 0 aliphatic heterocycles. The molecule has 0 aliphatic rings. The molecule has 0 rings (SSSR count). The summed E-state index contributed by atoms with van der Waals surface area (Å²) in [5.74, 6) is -0.181. The summed E-state index contributed by atoms with van der Waals surface area (Å²) in [6.07, 6.45) is 78.7. The molecule has 0 aliphatic carbocycles. The van der Waals surface area contributed by atoms with Crippen LogP contribution in [0.1, 0.15) is 341 Å². The number of amides is 1. The fourth-order valence-electron chi connectivity index (χ4n) is 10.3. The molecule has 9 heteroatoms. The summed E-state index contributed by atoms with van der Waals surface area (Å²) >= 11 is 0. The molecule has 0 spiro atoms. The molecule has 0 saturated carbocycles. The predicted molar refractivity (Wildman–Crippen MR) is 337 cm³/mol. The maximum absolute atomic E-state index is 13.0. The van der Waals surface area contributed by atoms with E-state index >= 15 is 0 Å². The lowest BCUT2D eigenvalue weighted by molar-refractivity contribution is -0.870. The lowest BCUT2D eigenvalue weighted by Crippen LogP contribution is -2.45. The summed E-state index contributed by atoms with van der Waals surface area (Å²) in [5, 5.41) is 13.9. The van der Waals surface area contributed by atoms with E-state index in [1.807, 2.05) is 27.2 Å². The molecule has 77 heavy (non-hydrogen) atoms. The van der Waals surface area contributed by atoms with E-state index in [2.05, 4.69) is 43.5 Å². The van der Waals surface area contributed by atoms with Crippen LogP contribution in [0.25, 0.3) is 0 Å². The predicted octanol–water partition coefficient (Wildman–Crippen LogP) is 21.3. The number of carbonyl (C=O) groups excluding carboxylic acids is 1. The molecule has 8 nitrogen and oxygen atoms in total. The molecule has 0 fully saturated rings. The molecular weight excluding hydrogens is 972 g/mol. The van der Waals surface area contributed by atoms with Crippen molar-refractivity contribution in [3.63, 3.8) is 0 Å². The van der Waals surface area contributed by atoms with Gasteiger partial charge in [0.1, 0.15) is 13.2 Å². The van der Waals surface area contributed by atoms with Crippen molar-refractivity contribution in [3.05, 3.63) is 36.5 Å². The van der Waals surface area contributed by atoms with Crippen LogP contribution < -0.4 is 5.32 Å². The van der Waals surface area contributed by atoms with Gasteiger partial charge in [-0.2, -0.15) is 0 Å². The van der Waals surface area contributed by atoms with Gasteiger partial charge >= 0.3 is 7.82 Å². The molecule has 3 N–H and O–H groups in total. The smallest absolute Gasteiger partial charge is 0.387 e. The summed E-state index contributed by atoms with van der Waals surface area (Å²) in [5.41, 5.74) is 0. The standard InChI is InChI=1S/C68H133N2O6P/c1-6-8-10-12-14-16-18-20-22-24-26-27-28-29-30-31-32-33-34-35-36-37-38-39-40-41-42-43-44-46-48-50-52-54-56-58-60-62-68(72)69-66(65-76-77(73,74)75-64-63-70(3,4)5)67(71)61-59-57-55-53-51-49-47-45-25-23-21-19-17-15-13-11-9-7-2/h33-34,51,53,59,61,66-67,71H,6-32,35-50,52,54-58,60,62-65H2,1-5H3,(H-,69,72,73,74)/p+1/b34-33-,53-51+,61-59+. The topological polar surface area (TPSA) is 105 Å². The van der Waals surface area contributed by atoms with Crippen LogP contribution in [0.15, 0.2) is 36.5 Å². The van der Waals surface area contributed by atoms with E-state index in [1.165, 1.54) is 283 Å². The molecule has 0 aromatic rings. The number of phosphoric ester groups is 1. The van der Waals surface area contributed by atoms with Gasteiger partial charge in [-0.05, 0) is 57.8 Å². The number of nitrogens with one attached hydrogen (secondary N) is 1. The van der Waals surface area contributed by atoms with Gasteiger partial charge in [0, 0.05) is 6.42 Å². The molecule has 0 heterocycles. The Kier molecular flexibility index (Phi) is 58.4. The highest BCUT2D eigenvalue weighted by atomic mass is 31.2. The maximum atomic E-state index is 13.0. The van der Waals surface area contributed by atoms with Gasteiger partial charge in [-0.1, -0.05) is 314 Å². The third kappa shape index (κ3) is 62.2. The maximum Gasteiger partial charge on any atom is 0.472 e. The lowest BCUT2D eigenvalue weighted by Gasteiger charge is -2.25. The van der Waals surface area contributed by atoms with Crippen molar-refractivity contribution in [3.8, 4) is 0 Å². The van der Waals surface area contributed by atoms with E-state index in [9.17, 15) is 19.4 Å². The van der Waals surface area contributed by atoms with Crippen LogP contribution in [0.2, 0.25) is 0 Å². The Balaban J connectivity index is 3.97. The number of carbonyl (C=O) groups is 1. The van der Waals surface area contributed by atoms with E-state index in [0.717, 1.165) is 38.5 Å². The zero-order chi connectivity index (χ0) is 56.3. The third-order valence-electron chi connectivity index (χ3n) is 15.6. The van der Waals surface area contributed by atoms with Crippen LogP contribution in [-0.2, 0) is 18.4 Å². The van der Waals surface area contributed by atoms with Gasteiger partial charge in [0.05, 0.1) is 39.9 Å². The van der Waals surface area contributed by atoms with Crippen molar-refractivity contribution in [2.24, 2.45) is 0 Å². The van der Waals surface area contributed by atoms with Crippen molar-refractivity contribution >= 4 is 13.7 Å². The average molecular weight is 1110 g/mol. The number of hydrogen-bond acceptors (Lipinski definition) is 5. The van der Waals surface area contributed by atoms with Gasteiger partial charge in [0.2, 0.25) is 5.91 Å². The first-order valence-electron chi connectivity index (χ1n) is 33.9. The number of allylic oxidation sites excluding steroid dienone is 5. The molecule has 0 bridgehead atoms. The fraction of sp³-hybridized carbons (Fsp3) is 0.897. The monoisotopic (exact) mass is 1110 g/mol. The second kappa shape index (κ2) is 59.3. The number of nitrogens with zero attached hydrogens (tertiary/aromatic N) is 1. The molecule has 3 unspecified atom stereocenters. The third-order valence-corrected chi connectivity index (χ3v) is 16.6. The SMILES string of the molecule is CCCCCCCCCCCCCC/C=C/CC/C=C/C(O)C(COP(=O)(O)OCC[N+](C)(C)C)NC(=O)CCCCCCCCCCCCCCCCCCC/C=C\CCCCCCCCCCCCCCCCCC. The first kappa shape index (κ1) is 75.7. The fourth-order valence-corrected chi connectivity index (χ4v) is 11.0. The summed E-state index contributed by atoms with van der Waals surface area (Å²) in [7, 11) is 1.57. The molecule has 3 atom stereocenters. The van der Waals surface area contributed by atoms with Crippen molar-refractivity contribution in [1.29, 1.82) is 0 Å². The summed E-state index contributed by atoms with van der Waals surface area (Å²) in [6, 6.07) is -0.863. The van der Waals surface area contributed by atoms with Gasteiger partial charge in [0.15, 0.2) is 0 Å². The molecule has 0 aromatic heterocycles. The molecule has 456 valence electrons. The number of unbranched alkanes of at least 4 members (excludes halogenated alkanes) is 46. The molecule has 0 saturated heterocycles. The minimum Gasteiger partial charge on any atom is -0.387 e. The second-order valence-corrected chi connectivity index (χ2v) is 26.0. The van der Waals surface area contributed by atoms with Crippen molar-refractivity contribution in [1.82, 2.24) is 5.32 Å². The number of phosphoric acid groups is 1. The van der Waals surface area contributed by atoms with Crippen LogP contribution in [0, 0.1) is 0 Å². The number of rotatable bonds is 63. The van der Waals surface area contributed by atoms with Crippen LogP contribution in [0.3, 0.4) is 0 Å². The number of aliphatic hydroxyl groups is 1. The van der Waals surface area contributed by atoms with E-state index in [0.29, 0.717) is 17.4 Å². The Morgan fingerprint density at radius 1 is 0.429 bits per heavy atom. The highest BCUT2D eigenvalue weighted by molar-refractivity contribution is 7.47. The lowest BCUT2D eigenvalue weighted by atomic mass is 10.0. The first-order chi connectivity index (χ1) is 37.5. The van der Waals surface area contributed by atoms with Crippen molar-refractivity contribution in [2.75, 3.05) is 40.9 Å². The van der Waals surface area contributed by atoms with Crippen LogP contribution >= 0.6 is 7.82 Å². The van der Waals surface area contributed by atoms with Gasteiger partial charge in [-0.25, -0.2) is 4.57 Å². The Labute approximate surface area is 480 Å². The highest BCUT2D eigenvalue weighted by Gasteiger charge is 2.28. The summed E-state index contributed by atoms with van der Waals surface area (Å²) in [6.45, 7) is 4.84. The second-order valence-electron chi connectivity index (χ2n) is 24.5. The Bertz CT molecular complexity index is 1350. The van der Waals surface area contributed by atoms with Crippen LogP contribution in [-0.4, -0.2) is 73.4 Å². The minimum atomic E-state index is -4.36. The molecule has 0 aromatic carbocycles. The van der Waals surface area contributed by atoms with Crippen molar-refractivity contribution < 1.29 is 32.9 Å². The Morgan fingerprint density at radius 2 is 0.714 bits per heavy atom. The number of quaternary nitrogens is 1. The molecular formula is C68H134N2O6P+. The Hall–Kier alpha value is -1.28. The number of hydrogen-bond donors (Lipinski definition) is 3. The molecule has 0 radical (unpaired) electrons. The van der Waals surface area contributed by atoms with E-state index < -0.39 is 20.0 Å². The largest absolute Gasteiger partial charge is 0.472 e.